The highest BCUT2D eigenvalue weighted by atomic mass is 15.4. The van der Waals surface area contributed by atoms with Crippen molar-refractivity contribution in [2.75, 3.05) is 16.3 Å². The Bertz CT molecular complexity index is 624. The molecule has 6 heteroatoms. The summed E-state index contributed by atoms with van der Waals surface area (Å²) < 4.78 is 2.57. The first-order chi connectivity index (χ1) is 10.9. The van der Waals surface area contributed by atoms with Gasteiger partial charge in [-0.2, -0.15) is 0 Å². The van der Waals surface area contributed by atoms with Crippen LogP contribution in [0.3, 0.4) is 0 Å². The van der Waals surface area contributed by atoms with E-state index >= 15 is 0 Å². The highest BCUT2D eigenvalue weighted by Gasteiger charge is 2.46. The number of anilines is 2. The molecule has 0 amide bonds. The van der Waals surface area contributed by atoms with Crippen LogP contribution >= 0.6 is 0 Å². The van der Waals surface area contributed by atoms with E-state index in [-0.39, 0.29) is 5.54 Å². The molecule has 0 bridgehead atoms. The predicted octanol–water partition coefficient (Wildman–Crippen LogP) is 3.64. The molecule has 0 atom stereocenters. The molecule has 2 aromatic rings. The Morgan fingerprint density at radius 3 is 2.13 bits per heavy atom. The van der Waals surface area contributed by atoms with Gasteiger partial charge >= 0.3 is 14.0 Å². The number of nitrogens with one attached hydrogen (secondary N) is 1. The monoisotopic (exact) mass is 308 g/mol. The van der Waals surface area contributed by atoms with Crippen LogP contribution in [0.15, 0.2) is 48.7 Å². The van der Waals surface area contributed by atoms with E-state index in [4.69, 9.17) is 0 Å². The predicted molar refractivity (Wildman–Crippen MR) is 102 cm³/mol. The van der Waals surface area contributed by atoms with Crippen molar-refractivity contribution in [3.63, 3.8) is 0 Å². The van der Waals surface area contributed by atoms with Gasteiger partial charge < -0.3 is 19.3 Å². The van der Waals surface area contributed by atoms with Crippen LogP contribution in [0.25, 0.3) is 0 Å². The first kappa shape index (κ1) is 16.1. The van der Waals surface area contributed by atoms with E-state index in [0.717, 1.165) is 6.67 Å². The molecular weight excluding hydrogens is 282 g/mol. The third-order valence-electron chi connectivity index (χ3n) is 4.77. The van der Waals surface area contributed by atoms with E-state index in [1.807, 2.05) is 6.20 Å². The van der Waals surface area contributed by atoms with Crippen molar-refractivity contribution in [3.8, 4) is 0 Å². The van der Waals surface area contributed by atoms with Crippen molar-refractivity contribution >= 4 is 25.5 Å². The van der Waals surface area contributed by atoms with Gasteiger partial charge in [-0.3, -0.25) is 0 Å². The molecule has 1 N–H and O–H groups in total. The van der Waals surface area contributed by atoms with Crippen LogP contribution in [0.2, 0.25) is 13.6 Å². The summed E-state index contributed by atoms with van der Waals surface area (Å²) in [7, 11) is 0. The van der Waals surface area contributed by atoms with Crippen LogP contribution in [-0.4, -0.2) is 35.9 Å². The summed E-state index contributed by atoms with van der Waals surface area (Å²) in [5.74, 6) is 1.17. The molecule has 0 aliphatic carbocycles. The number of hydrogen-bond donors (Lipinski definition) is 1. The minimum atomic E-state index is 0.0805. The zero-order valence-electron chi connectivity index (χ0n) is 14.8. The zero-order chi connectivity index (χ0) is 16.6. The minimum absolute atomic E-state index is 0.0805. The Labute approximate surface area is 140 Å². The van der Waals surface area contributed by atoms with Crippen molar-refractivity contribution in [1.82, 2.24) is 9.71 Å². The number of hydrogen-bond acceptors (Lipinski definition) is 3. The third-order valence-corrected chi connectivity index (χ3v) is 4.77. The highest BCUT2D eigenvalue weighted by molar-refractivity contribution is 6.77. The van der Waals surface area contributed by atoms with Crippen molar-refractivity contribution in [1.29, 1.82) is 0 Å². The fourth-order valence-corrected chi connectivity index (χ4v) is 3.83. The molecule has 1 aliphatic heterocycles. The average Bonchev–Trinajstić information content (AvgIpc) is 3.01. The summed E-state index contributed by atoms with van der Waals surface area (Å²) in [6, 6.07) is 14.9. The lowest BCUT2D eigenvalue weighted by Gasteiger charge is -2.55. The van der Waals surface area contributed by atoms with Crippen LogP contribution < -0.4 is 9.62 Å². The van der Waals surface area contributed by atoms with Gasteiger partial charge in [0, 0.05) is 11.9 Å². The third kappa shape index (κ3) is 3.00. The zero-order valence-corrected chi connectivity index (χ0v) is 14.8. The van der Waals surface area contributed by atoms with Gasteiger partial charge in [0.1, 0.15) is 0 Å². The second-order valence-electron chi connectivity index (χ2n) is 7.31. The molecule has 0 saturated carbocycles. The standard InChI is InChI=1S/C17H26B2N4/c1-17(2,3)23-18(4)21(15-10-7-6-8-11-15)14-22(19(23)5)16-12-9-13-20-16/h6-13,20H,14H2,1-5H3. The van der Waals surface area contributed by atoms with Crippen LogP contribution in [0, 0.1) is 0 Å². The van der Waals surface area contributed by atoms with Gasteiger partial charge in [-0.1, -0.05) is 31.8 Å². The molecule has 1 aromatic carbocycles. The Morgan fingerprint density at radius 1 is 0.913 bits per heavy atom. The summed E-state index contributed by atoms with van der Waals surface area (Å²) in [4.78, 5) is 8.26. The fourth-order valence-electron chi connectivity index (χ4n) is 3.83. The Kier molecular flexibility index (Phi) is 4.19. The normalized spacial score (nSPS) is 17.1. The van der Waals surface area contributed by atoms with Crippen LogP contribution in [0.5, 0.6) is 0 Å². The minimum Gasteiger partial charge on any atom is -0.386 e. The molecule has 1 saturated heterocycles. The second-order valence-corrected chi connectivity index (χ2v) is 7.31. The first-order valence-corrected chi connectivity index (χ1v) is 8.40. The lowest BCUT2D eigenvalue weighted by atomic mass is 9.54. The molecule has 0 spiro atoms. The van der Waals surface area contributed by atoms with Crippen LogP contribution in [0.1, 0.15) is 20.8 Å². The van der Waals surface area contributed by atoms with Gasteiger partial charge in [-0.25, -0.2) is 0 Å². The summed E-state index contributed by atoms with van der Waals surface area (Å²) in [5.41, 5.74) is 1.34. The summed E-state index contributed by atoms with van der Waals surface area (Å²) in [6.45, 7) is 13.0. The summed E-state index contributed by atoms with van der Waals surface area (Å²) >= 11 is 0. The van der Waals surface area contributed by atoms with Gasteiger partial charge in [0.2, 0.25) is 0 Å². The lowest BCUT2D eigenvalue weighted by molar-refractivity contribution is 0.353. The molecule has 0 unspecified atom stereocenters. The number of H-pyrrole nitrogens is 1. The summed E-state index contributed by atoms with van der Waals surface area (Å²) in [5, 5.41) is 0. The molecular formula is C17H26B2N4. The molecule has 2 heterocycles. The molecule has 1 aromatic heterocycles. The number of rotatable bonds is 2. The number of aromatic nitrogens is 1. The topological polar surface area (TPSA) is 25.5 Å². The average molecular weight is 308 g/mol. The molecule has 1 aliphatic rings. The smallest absolute Gasteiger partial charge is 0.332 e. The lowest BCUT2D eigenvalue weighted by Crippen LogP contribution is -2.74. The van der Waals surface area contributed by atoms with E-state index < -0.39 is 0 Å². The second kappa shape index (κ2) is 6.00. The van der Waals surface area contributed by atoms with Crippen LogP contribution in [0.4, 0.5) is 11.5 Å². The largest absolute Gasteiger partial charge is 0.386 e. The summed E-state index contributed by atoms with van der Waals surface area (Å²) in [6.07, 6.45) is 1.99. The van der Waals surface area contributed by atoms with Gasteiger partial charge in [-0.05, 0) is 50.6 Å². The van der Waals surface area contributed by atoms with E-state index in [0.29, 0.717) is 14.0 Å². The SMILES string of the molecule is CB1N(c2ccccc2)CN(c2ccc[nH]2)B(C)N1C(C)(C)C. The maximum atomic E-state index is 3.37. The molecule has 3 rings (SSSR count). The number of benzene rings is 1. The molecule has 0 radical (unpaired) electrons. The van der Waals surface area contributed by atoms with Crippen LogP contribution in [-0.2, 0) is 0 Å². The Morgan fingerprint density at radius 2 is 1.57 bits per heavy atom. The van der Waals surface area contributed by atoms with E-state index in [1.54, 1.807) is 0 Å². The van der Waals surface area contributed by atoms with Gasteiger partial charge in [-0.15, -0.1) is 0 Å². The molecule has 4 nitrogen and oxygen atoms in total. The van der Waals surface area contributed by atoms with Crippen molar-refractivity contribution in [2.24, 2.45) is 0 Å². The molecule has 23 heavy (non-hydrogen) atoms. The number of nitrogens with zero attached hydrogens (tertiary/aromatic N) is 3. The van der Waals surface area contributed by atoms with E-state index in [1.165, 1.54) is 11.5 Å². The highest BCUT2D eigenvalue weighted by Crippen LogP contribution is 2.30. The first-order valence-electron chi connectivity index (χ1n) is 8.40. The van der Waals surface area contributed by atoms with E-state index in [2.05, 4.69) is 96.2 Å². The quantitative estimate of drug-likeness (QED) is 0.858. The number of para-hydroxylation sites is 1. The van der Waals surface area contributed by atoms with Gasteiger partial charge in [0.05, 0.1) is 12.5 Å². The van der Waals surface area contributed by atoms with E-state index in [9.17, 15) is 0 Å². The fraction of sp³-hybridized carbons (Fsp3) is 0.412. The van der Waals surface area contributed by atoms with Crippen molar-refractivity contribution < 1.29 is 0 Å². The maximum Gasteiger partial charge on any atom is 0.332 e. The number of aromatic amines is 1. The van der Waals surface area contributed by atoms with Gasteiger partial charge in [0.25, 0.3) is 0 Å². The molecule has 1 fully saturated rings. The van der Waals surface area contributed by atoms with Gasteiger partial charge in [0.15, 0.2) is 0 Å². The maximum absolute atomic E-state index is 3.37. The van der Waals surface area contributed by atoms with Crippen molar-refractivity contribution in [2.45, 2.75) is 40.0 Å². The Hall–Kier alpha value is -1.81. The van der Waals surface area contributed by atoms with Crippen molar-refractivity contribution in [3.05, 3.63) is 48.7 Å². The molecule has 120 valence electrons. The Balaban J connectivity index is 2.01.